The predicted molar refractivity (Wildman–Crippen MR) is 50.9 cm³/mol. The van der Waals surface area contributed by atoms with Crippen molar-refractivity contribution < 1.29 is 19.4 Å². The van der Waals surface area contributed by atoms with Crippen molar-refractivity contribution in [2.24, 2.45) is 5.92 Å². The molecular weight excluding hydrogens is 210 g/mol. The number of carbonyl (C=O) groups is 2. The van der Waals surface area contributed by atoms with Crippen molar-refractivity contribution in [3.63, 3.8) is 0 Å². The van der Waals surface area contributed by atoms with Gasteiger partial charge in [-0.3, -0.25) is 4.79 Å². The van der Waals surface area contributed by atoms with Crippen LogP contribution in [0.5, 0.6) is 0 Å². The number of carbonyl (C=O) groups excluding carboxylic acids is 2. The fourth-order valence-electron chi connectivity index (χ4n) is 0.661. The number of aliphatic hydroxyl groups is 1. The second-order valence-electron chi connectivity index (χ2n) is 2.84. The Morgan fingerprint density at radius 3 is 2.57 bits per heavy atom. The maximum Gasteiger partial charge on any atom is 0.336 e. The van der Waals surface area contributed by atoms with Crippen LogP contribution in [0, 0.1) is 5.92 Å². The molecule has 0 saturated heterocycles. The van der Waals surface area contributed by atoms with Crippen molar-refractivity contribution in [3.8, 4) is 0 Å². The van der Waals surface area contributed by atoms with E-state index in [2.05, 4.69) is 10.1 Å². The highest BCUT2D eigenvalue weighted by Crippen LogP contribution is 1.97. The number of rotatable bonds is 5. The van der Waals surface area contributed by atoms with Gasteiger partial charge in [-0.25, -0.2) is 4.79 Å². The number of aliphatic hydroxyl groups excluding tert-OH is 1. The molecule has 0 aromatic heterocycles. The summed E-state index contributed by atoms with van der Waals surface area (Å²) in [5.41, 5.74) is 0. The molecule has 82 valence electrons. The van der Waals surface area contributed by atoms with E-state index in [9.17, 15) is 9.59 Å². The van der Waals surface area contributed by atoms with Crippen molar-refractivity contribution in [3.05, 3.63) is 0 Å². The Balaban J connectivity index is 3.82. The molecule has 0 aliphatic carbocycles. The molecule has 0 aliphatic heterocycles. The molecule has 0 aliphatic rings. The van der Waals surface area contributed by atoms with Crippen LogP contribution in [-0.4, -0.2) is 42.6 Å². The lowest BCUT2D eigenvalue weighted by atomic mass is 10.2. The minimum Gasteiger partial charge on any atom is -0.467 e. The summed E-state index contributed by atoms with van der Waals surface area (Å²) in [4.78, 5) is 21.8. The second-order valence-corrected chi connectivity index (χ2v) is 3.15. The van der Waals surface area contributed by atoms with Crippen LogP contribution in [0.2, 0.25) is 0 Å². The van der Waals surface area contributed by atoms with Gasteiger partial charge in [0.25, 0.3) is 0 Å². The molecule has 0 bridgehead atoms. The van der Waals surface area contributed by atoms with Gasteiger partial charge in [0.05, 0.1) is 13.7 Å². The normalized spacial score (nSPS) is 14.3. The molecule has 6 heteroatoms. The Morgan fingerprint density at radius 1 is 1.57 bits per heavy atom. The van der Waals surface area contributed by atoms with Crippen LogP contribution in [0.1, 0.15) is 6.92 Å². The zero-order valence-electron chi connectivity index (χ0n) is 8.12. The third kappa shape index (κ3) is 4.43. The van der Waals surface area contributed by atoms with Gasteiger partial charge in [-0.2, -0.15) is 0 Å². The first-order chi connectivity index (χ1) is 6.52. The van der Waals surface area contributed by atoms with Gasteiger partial charge in [0, 0.05) is 11.8 Å². The van der Waals surface area contributed by atoms with E-state index in [-0.39, 0.29) is 24.2 Å². The van der Waals surface area contributed by atoms with Crippen LogP contribution in [0.15, 0.2) is 0 Å². The number of ether oxygens (including phenoxy) is 1. The van der Waals surface area contributed by atoms with Gasteiger partial charge in [-0.1, -0.05) is 6.92 Å². The first-order valence-corrected chi connectivity index (χ1v) is 4.66. The largest absolute Gasteiger partial charge is 0.467 e. The van der Waals surface area contributed by atoms with Crippen LogP contribution in [0.25, 0.3) is 0 Å². The highest BCUT2D eigenvalue weighted by atomic mass is 35.5. The van der Waals surface area contributed by atoms with Crippen molar-refractivity contribution in [2.75, 3.05) is 19.5 Å². The summed E-state index contributed by atoms with van der Waals surface area (Å²) < 4.78 is 4.26. The van der Waals surface area contributed by atoms with E-state index >= 15 is 0 Å². The van der Waals surface area contributed by atoms with Crippen molar-refractivity contribution in [1.82, 2.24) is 5.32 Å². The maximum atomic E-state index is 11.1. The summed E-state index contributed by atoms with van der Waals surface area (Å²) in [6, 6.07) is 0. The Hall–Kier alpha value is -0.810. The molecule has 0 aromatic rings. The minimum atomic E-state index is -1.33. The molecule has 0 aromatic carbocycles. The topological polar surface area (TPSA) is 75.6 Å². The van der Waals surface area contributed by atoms with Gasteiger partial charge < -0.3 is 15.2 Å². The third-order valence-corrected chi connectivity index (χ3v) is 2.08. The molecular formula is C8H14ClNO4. The molecule has 1 amide bonds. The average molecular weight is 224 g/mol. The van der Waals surface area contributed by atoms with E-state index in [1.54, 1.807) is 6.92 Å². The number of alkyl halides is 1. The van der Waals surface area contributed by atoms with Crippen LogP contribution < -0.4 is 5.32 Å². The Morgan fingerprint density at radius 2 is 2.14 bits per heavy atom. The standard InChI is InChI=1S/C8H14ClNO4/c1-5(3-9)7(12)10-4-6(11)8(13)14-2/h5-6,11H,3-4H2,1-2H3,(H,10,12). The molecule has 0 heterocycles. The number of nitrogens with one attached hydrogen (secondary N) is 1. The fourth-order valence-corrected chi connectivity index (χ4v) is 0.801. The van der Waals surface area contributed by atoms with Gasteiger partial charge in [0.2, 0.25) is 5.91 Å². The summed E-state index contributed by atoms with van der Waals surface area (Å²) >= 11 is 5.44. The van der Waals surface area contributed by atoms with Gasteiger partial charge in [0.15, 0.2) is 6.10 Å². The van der Waals surface area contributed by atoms with Gasteiger partial charge in [-0.05, 0) is 0 Å². The molecule has 2 atom stereocenters. The molecule has 14 heavy (non-hydrogen) atoms. The van der Waals surface area contributed by atoms with Crippen molar-refractivity contribution >= 4 is 23.5 Å². The minimum absolute atomic E-state index is 0.160. The van der Waals surface area contributed by atoms with Crippen molar-refractivity contribution in [1.29, 1.82) is 0 Å². The lowest BCUT2D eigenvalue weighted by Gasteiger charge is -2.11. The maximum absolute atomic E-state index is 11.1. The summed E-state index contributed by atoms with van der Waals surface area (Å²) in [6.07, 6.45) is -1.33. The molecule has 5 nitrogen and oxygen atoms in total. The summed E-state index contributed by atoms with van der Waals surface area (Å²) in [6.45, 7) is 1.49. The fraction of sp³-hybridized carbons (Fsp3) is 0.750. The van der Waals surface area contributed by atoms with Gasteiger partial charge in [0.1, 0.15) is 0 Å². The third-order valence-electron chi connectivity index (χ3n) is 1.62. The van der Waals surface area contributed by atoms with E-state index in [0.717, 1.165) is 7.11 Å². The summed E-state index contributed by atoms with van der Waals surface area (Å²) in [5.74, 6) is -1.23. The lowest BCUT2D eigenvalue weighted by molar-refractivity contribution is -0.150. The molecule has 0 fully saturated rings. The van der Waals surface area contributed by atoms with Crippen LogP contribution >= 0.6 is 11.6 Å². The zero-order valence-corrected chi connectivity index (χ0v) is 8.87. The van der Waals surface area contributed by atoms with E-state index in [4.69, 9.17) is 16.7 Å². The van der Waals surface area contributed by atoms with Crippen LogP contribution in [-0.2, 0) is 14.3 Å². The predicted octanol–water partition coefficient (Wildman–Crippen LogP) is -0.489. The van der Waals surface area contributed by atoms with Crippen LogP contribution in [0.3, 0.4) is 0 Å². The average Bonchev–Trinajstić information content (AvgIpc) is 2.22. The van der Waals surface area contributed by atoms with E-state index < -0.39 is 12.1 Å². The molecule has 0 radical (unpaired) electrons. The first kappa shape index (κ1) is 13.2. The van der Waals surface area contributed by atoms with Gasteiger partial charge >= 0.3 is 5.97 Å². The Bertz CT molecular complexity index is 210. The quantitative estimate of drug-likeness (QED) is 0.487. The van der Waals surface area contributed by atoms with Crippen molar-refractivity contribution in [2.45, 2.75) is 13.0 Å². The molecule has 0 spiro atoms. The molecule has 0 saturated carbocycles. The smallest absolute Gasteiger partial charge is 0.336 e. The van der Waals surface area contributed by atoms with Crippen LogP contribution in [0.4, 0.5) is 0 Å². The lowest BCUT2D eigenvalue weighted by Crippen LogP contribution is -2.39. The molecule has 0 rings (SSSR count). The SMILES string of the molecule is COC(=O)C(O)CNC(=O)C(C)CCl. The number of amides is 1. The number of hydrogen-bond donors (Lipinski definition) is 2. The highest BCUT2D eigenvalue weighted by molar-refractivity contribution is 6.19. The number of hydrogen-bond acceptors (Lipinski definition) is 4. The zero-order chi connectivity index (χ0) is 11.1. The summed E-state index contributed by atoms with van der Waals surface area (Å²) in [7, 11) is 1.16. The number of halogens is 1. The number of methoxy groups -OCH3 is 1. The van der Waals surface area contributed by atoms with E-state index in [0.29, 0.717) is 0 Å². The second kappa shape index (κ2) is 6.62. The monoisotopic (exact) mass is 223 g/mol. The highest BCUT2D eigenvalue weighted by Gasteiger charge is 2.18. The Labute approximate surface area is 87.4 Å². The van der Waals surface area contributed by atoms with E-state index in [1.165, 1.54) is 0 Å². The molecule has 2 unspecified atom stereocenters. The first-order valence-electron chi connectivity index (χ1n) is 4.12. The molecule has 2 N–H and O–H groups in total. The van der Waals surface area contributed by atoms with E-state index in [1.807, 2.05) is 0 Å². The number of esters is 1. The van der Waals surface area contributed by atoms with Gasteiger partial charge in [-0.15, -0.1) is 11.6 Å². The summed E-state index contributed by atoms with van der Waals surface area (Å²) in [5, 5.41) is 11.5. The Kier molecular flexibility index (Phi) is 6.23.